The van der Waals surface area contributed by atoms with Crippen LogP contribution in [-0.4, -0.2) is 16.1 Å². The summed E-state index contributed by atoms with van der Waals surface area (Å²) >= 11 is 0. The maximum atomic E-state index is 11.1. The number of carboxylic acids is 1. The van der Waals surface area contributed by atoms with Gasteiger partial charge >= 0.3 is 5.97 Å². The molecule has 5 rings (SSSR count). The van der Waals surface area contributed by atoms with E-state index in [1.807, 2.05) is 6.92 Å². The number of aliphatic carboxylic acids is 1. The van der Waals surface area contributed by atoms with Crippen LogP contribution in [0.25, 0.3) is 0 Å². The van der Waals surface area contributed by atoms with Crippen molar-refractivity contribution >= 4 is 5.97 Å². The Bertz CT molecular complexity index is 517. The average Bonchev–Trinajstić information content (AvgIpc) is 2.67. The van der Waals surface area contributed by atoms with E-state index < -0.39 is 5.97 Å². The zero-order valence-corrected chi connectivity index (χ0v) is 12.1. The molecule has 108 valence electrons. The highest BCUT2D eigenvalue weighted by atomic mass is 16.4. The van der Waals surface area contributed by atoms with Crippen LogP contribution in [0.5, 0.6) is 0 Å². The molecular weight excluding hydrogens is 250 g/mol. The lowest BCUT2D eigenvalue weighted by molar-refractivity contribution is -0.136. The van der Waals surface area contributed by atoms with E-state index in [2.05, 4.69) is 11.1 Å². The van der Waals surface area contributed by atoms with Gasteiger partial charge in [-0.2, -0.15) is 0 Å². The zero-order chi connectivity index (χ0) is 13.9. The van der Waals surface area contributed by atoms with Gasteiger partial charge in [-0.1, -0.05) is 0 Å². The monoisotopic (exact) mass is 273 g/mol. The SMILES string of the molecule is Cc1cc(C2C3CC4CC(C3)CC2C4)c(CC(=O)O)[nH]1. The molecule has 4 aliphatic rings. The maximum Gasteiger partial charge on any atom is 0.309 e. The van der Waals surface area contributed by atoms with Crippen LogP contribution in [0, 0.1) is 30.6 Å². The number of H-pyrrole nitrogens is 1. The van der Waals surface area contributed by atoms with E-state index in [0.29, 0.717) is 5.92 Å². The maximum absolute atomic E-state index is 11.1. The van der Waals surface area contributed by atoms with Crippen LogP contribution in [0.1, 0.15) is 55.0 Å². The fourth-order valence-electron chi connectivity index (χ4n) is 5.69. The molecule has 0 aromatic carbocycles. The Kier molecular flexibility index (Phi) is 2.73. The van der Waals surface area contributed by atoms with E-state index in [0.717, 1.165) is 35.1 Å². The third-order valence-corrected chi connectivity index (χ3v) is 5.98. The minimum absolute atomic E-state index is 0.145. The summed E-state index contributed by atoms with van der Waals surface area (Å²) in [5.41, 5.74) is 3.41. The molecule has 20 heavy (non-hydrogen) atoms. The fourth-order valence-corrected chi connectivity index (χ4v) is 5.69. The van der Waals surface area contributed by atoms with Gasteiger partial charge in [-0.05, 0) is 80.2 Å². The second-order valence-corrected chi connectivity index (χ2v) is 7.41. The summed E-state index contributed by atoms with van der Waals surface area (Å²) in [6.07, 6.45) is 7.14. The van der Waals surface area contributed by atoms with Crippen LogP contribution in [0.2, 0.25) is 0 Å². The van der Waals surface area contributed by atoms with Crippen molar-refractivity contribution in [3.63, 3.8) is 0 Å². The molecule has 1 aromatic heterocycles. The molecule has 3 heteroatoms. The van der Waals surface area contributed by atoms with Crippen LogP contribution in [0.15, 0.2) is 6.07 Å². The Labute approximate surface area is 119 Å². The number of carboxylic acid groups (broad SMARTS) is 1. The van der Waals surface area contributed by atoms with Gasteiger partial charge in [-0.3, -0.25) is 4.79 Å². The minimum Gasteiger partial charge on any atom is -0.481 e. The van der Waals surface area contributed by atoms with E-state index in [1.165, 1.54) is 37.7 Å². The number of carbonyl (C=O) groups is 1. The normalized spacial score (nSPS) is 38.4. The Hall–Kier alpha value is -1.25. The van der Waals surface area contributed by atoms with Crippen molar-refractivity contribution in [1.82, 2.24) is 4.98 Å². The third kappa shape index (κ3) is 1.90. The van der Waals surface area contributed by atoms with Crippen molar-refractivity contribution in [2.75, 3.05) is 0 Å². The second kappa shape index (κ2) is 4.37. The summed E-state index contributed by atoms with van der Waals surface area (Å²) in [7, 11) is 0. The highest BCUT2D eigenvalue weighted by Gasteiger charge is 2.49. The summed E-state index contributed by atoms with van der Waals surface area (Å²) in [4.78, 5) is 14.4. The Morgan fingerprint density at radius 2 is 1.80 bits per heavy atom. The molecule has 4 aliphatic carbocycles. The molecule has 4 fully saturated rings. The number of rotatable bonds is 3. The topological polar surface area (TPSA) is 53.1 Å². The minimum atomic E-state index is -0.725. The molecule has 0 unspecified atom stereocenters. The standard InChI is InChI=1S/C17H23NO2/c1-9-2-14(15(18-9)8-16(19)20)17-12-4-10-3-11(6-12)7-13(17)5-10/h2,10-13,17-18H,3-8H2,1H3,(H,19,20). The molecule has 1 heterocycles. The number of aromatic nitrogens is 1. The first kappa shape index (κ1) is 12.5. The summed E-state index contributed by atoms with van der Waals surface area (Å²) in [5, 5.41) is 9.13. The molecule has 4 bridgehead atoms. The van der Waals surface area contributed by atoms with Gasteiger partial charge in [-0.15, -0.1) is 0 Å². The van der Waals surface area contributed by atoms with Crippen molar-refractivity contribution in [3.8, 4) is 0 Å². The van der Waals surface area contributed by atoms with E-state index >= 15 is 0 Å². The fraction of sp³-hybridized carbons (Fsp3) is 0.706. The molecule has 2 N–H and O–H groups in total. The van der Waals surface area contributed by atoms with Crippen LogP contribution >= 0.6 is 0 Å². The average molecular weight is 273 g/mol. The van der Waals surface area contributed by atoms with E-state index in [1.54, 1.807) is 0 Å². The molecule has 0 aliphatic heterocycles. The lowest BCUT2D eigenvalue weighted by atomic mass is 9.50. The van der Waals surface area contributed by atoms with Gasteiger partial charge < -0.3 is 10.1 Å². The molecule has 1 aromatic rings. The smallest absolute Gasteiger partial charge is 0.309 e. The summed E-state index contributed by atoms with van der Waals surface area (Å²) in [6, 6.07) is 2.23. The molecule has 0 saturated heterocycles. The van der Waals surface area contributed by atoms with Crippen molar-refractivity contribution in [3.05, 3.63) is 23.0 Å². The van der Waals surface area contributed by atoms with Crippen molar-refractivity contribution in [2.45, 2.75) is 51.4 Å². The van der Waals surface area contributed by atoms with Gasteiger partial charge in [0.1, 0.15) is 0 Å². The number of hydrogen-bond donors (Lipinski definition) is 2. The molecular formula is C17H23NO2. The third-order valence-electron chi connectivity index (χ3n) is 5.98. The van der Waals surface area contributed by atoms with Crippen molar-refractivity contribution < 1.29 is 9.90 Å². The predicted molar refractivity (Wildman–Crippen MR) is 76.7 cm³/mol. The molecule has 0 atom stereocenters. The van der Waals surface area contributed by atoms with Crippen LogP contribution in [-0.2, 0) is 11.2 Å². The Balaban J connectivity index is 1.69. The molecule has 0 spiro atoms. The number of nitrogens with one attached hydrogen (secondary N) is 1. The van der Waals surface area contributed by atoms with Gasteiger partial charge in [0.2, 0.25) is 0 Å². The Morgan fingerprint density at radius 1 is 1.20 bits per heavy atom. The molecule has 0 radical (unpaired) electrons. The first-order valence-corrected chi connectivity index (χ1v) is 8.00. The highest BCUT2D eigenvalue weighted by molar-refractivity contribution is 5.70. The van der Waals surface area contributed by atoms with Gasteiger partial charge in [-0.25, -0.2) is 0 Å². The summed E-state index contributed by atoms with van der Waals surface area (Å²) in [6.45, 7) is 2.05. The summed E-state index contributed by atoms with van der Waals surface area (Å²) < 4.78 is 0. The van der Waals surface area contributed by atoms with Gasteiger partial charge in [0.05, 0.1) is 6.42 Å². The predicted octanol–water partition coefficient (Wildman–Crippen LogP) is 3.49. The van der Waals surface area contributed by atoms with Gasteiger partial charge in [0, 0.05) is 11.4 Å². The first-order chi connectivity index (χ1) is 9.60. The van der Waals surface area contributed by atoms with E-state index in [-0.39, 0.29) is 6.42 Å². The van der Waals surface area contributed by atoms with Gasteiger partial charge in [0.15, 0.2) is 0 Å². The van der Waals surface area contributed by atoms with Crippen LogP contribution in [0.4, 0.5) is 0 Å². The number of hydrogen-bond acceptors (Lipinski definition) is 1. The second-order valence-electron chi connectivity index (χ2n) is 7.41. The molecule has 4 saturated carbocycles. The van der Waals surface area contributed by atoms with Crippen molar-refractivity contribution in [1.29, 1.82) is 0 Å². The number of aryl methyl sites for hydroxylation is 1. The molecule has 3 nitrogen and oxygen atoms in total. The first-order valence-electron chi connectivity index (χ1n) is 8.00. The lowest BCUT2D eigenvalue weighted by Crippen LogP contribution is -2.44. The molecule has 0 amide bonds. The zero-order valence-electron chi connectivity index (χ0n) is 12.1. The number of aromatic amines is 1. The van der Waals surface area contributed by atoms with Gasteiger partial charge in [0.25, 0.3) is 0 Å². The largest absolute Gasteiger partial charge is 0.481 e. The summed E-state index contributed by atoms with van der Waals surface area (Å²) in [5.74, 6) is 3.47. The van der Waals surface area contributed by atoms with Crippen LogP contribution in [0.3, 0.4) is 0 Å². The van der Waals surface area contributed by atoms with E-state index in [9.17, 15) is 4.79 Å². The van der Waals surface area contributed by atoms with Crippen LogP contribution < -0.4 is 0 Å². The van der Waals surface area contributed by atoms with E-state index in [4.69, 9.17) is 5.11 Å². The quantitative estimate of drug-likeness (QED) is 0.885. The highest BCUT2D eigenvalue weighted by Crippen LogP contribution is 2.60. The lowest BCUT2D eigenvalue weighted by Gasteiger charge is -2.54. The Morgan fingerprint density at radius 3 is 2.35 bits per heavy atom. The van der Waals surface area contributed by atoms with Crippen molar-refractivity contribution in [2.24, 2.45) is 23.7 Å².